The number of hydrogen-bond donors (Lipinski definition) is 2. The van der Waals surface area contributed by atoms with Crippen LogP contribution in [0.4, 0.5) is 0 Å². The molecule has 1 aromatic carbocycles. The van der Waals surface area contributed by atoms with Crippen molar-refractivity contribution in [2.45, 2.75) is 51.5 Å². The van der Waals surface area contributed by atoms with E-state index in [1.807, 2.05) is 0 Å². The van der Waals surface area contributed by atoms with Crippen molar-refractivity contribution in [1.82, 2.24) is 10.6 Å². The molecule has 0 saturated carbocycles. The van der Waals surface area contributed by atoms with Crippen LogP contribution in [0, 0.1) is 0 Å². The van der Waals surface area contributed by atoms with Crippen LogP contribution in [-0.2, 0) is 17.6 Å². The molecule has 0 aromatic heterocycles. The van der Waals surface area contributed by atoms with Crippen LogP contribution in [0.5, 0.6) is 0 Å². The van der Waals surface area contributed by atoms with Gasteiger partial charge in [0.15, 0.2) is 0 Å². The molecular formula is C17H27ClN2O. The lowest BCUT2D eigenvalue weighted by Crippen LogP contribution is -2.37. The summed E-state index contributed by atoms with van der Waals surface area (Å²) in [6.45, 7) is 4.05. The summed E-state index contributed by atoms with van der Waals surface area (Å²) in [4.78, 5) is 11.9. The van der Waals surface area contributed by atoms with Crippen LogP contribution < -0.4 is 10.6 Å². The summed E-state index contributed by atoms with van der Waals surface area (Å²) in [5.74, 6) is 0.125. The molecule has 4 heteroatoms. The Morgan fingerprint density at radius 2 is 2.00 bits per heavy atom. The monoisotopic (exact) mass is 310 g/mol. The van der Waals surface area contributed by atoms with E-state index in [1.54, 1.807) is 0 Å². The molecule has 2 N–H and O–H groups in total. The van der Waals surface area contributed by atoms with Gasteiger partial charge in [0.1, 0.15) is 0 Å². The fourth-order valence-corrected chi connectivity index (χ4v) is 2.62. The molecule has 1 saturated heterocycles. The number of nitrogens with one attached hydrogen (secondary N) is 2. The normalized spacial score (nSPS) is 17.3. The van der Waals surface area contributed by atoms with E-state index in [4.69, 9.17) is 0 Å². The van der Waals surface area contributed by atoms with Crippen LogP contribution in [0.15, 0.2) is 24.3 Å². The van der Waals surface area contributed by atoms with Gasteiger partial charge in [0.25, 0.3) is 0 Å². The molecule has 0 bridgehead atoms. The Hall–Kier alpha value is -1.06. The number of aryl methyl sites for hydroxylation is 1. The third kappa shape index (κ3) is 6.49. The number of hydrogen-bond acceptors (Lipinski definition) is 2. The fraction of sp³-hybridized carbons (Fsp3) is 0.588. The van der Waals surface area contributed by atoms with Gasteiger partial charge in [-0.2, -0.15) is 0 Å². The lowest BCUT2D eigenvalue weighted by atomic mass is 10.0. The van der Waals surface area contributed by atoms with Crippen molar-refractivity contribution in [3.8, 4) is 0 Å². The van der Waals surface area contributed by atoms with Gasteiger partial charge in [0, 0.05) is 12.6 Å². The Morgan fingerprint density at radius 1 is 1.29 bits per heavy atom. The topological polar surface area (TPSA) is 41.1 Å². The second-order valence-electron chi connectivity index (χ2n) is 5.69. The molecule has 1 atom stereocenters. The maximum atomic E-state index is 11.9. The maximum Gasteiger partial charge on any atom is 0.224 e. The van der Waals surface area contributed by atoms with E-state index < -0.39 is 0 Å². The van der Waals surface area contributed by atoms with Crippen molar-refractivity contribution in [2.75, 3.05) is 13.1 Å². The van der Waals surface area contributed by atoms with Crippen LogP contribution in [0.25, 0.3) is 0 Å². The first-order chi connectivity index (χ1) is 9.78. The van der Waals surface area contributed by atoms with E-state index in [1.165, 1.54) is 31.2 Å². The van der Waals surface area contributed by atoms with Crippen molar-refractivity contribution in [2.24, 2.45) is 0 Å². The van der Waals surface area contributed by atoms with Crippen LogP contribution in [0.1, 0.15) is 43.7 Å². The highest BCUT2D eigenvalue weighted by molar-refractivity contribution is 5.85. The van der Waals surface area contributed by atoms with Gasteiger partial charge >= 0.3 is 0 Å². The lowest BCUT2D eigenvalue weighted by Gasteiger charge is -2.11. The van der Waals surface area contributed by atoms with Gasteiger partial charge in [-0.15, -0.1) is 12.4 Å². The average molecular weight is 311 g/mol. The van der Waals surface area contributed by atoms with Crippen molar-refractivity contribution in [3.63, 3.8) is 0 Å². The molecule has 1 aliphatic rings. The molecule has 0 radical (unpaired) electrons. The number of carbonyl (C=O) groups is 1. The molecule has 1 amide bonds. The van der Waals surface area contributed by atoms with Crippen molar-refractivity contribution in [3.05, 3.63) is 35.4 Å². The van der Waals surface area contributed by atoms with Crippen LogP contribution >= 0.6 is 12.4 Å². The van der Waals surface area contributed by atoms with Gasteiger partial charge in [-0.05, 0) is 43.4 Å². The summed E-state index contributed by atoms with van der Waals surface area (Å²) >= 11 is 0. The molecule has 1 aliphatic heterocycles. The van der Waals surface area contributed by atoms with E-state index in [0.717, 1.165) is 25.1 Å². The minimum absolute atomic E-state index is 0. The predicted octanol–water partition coefficient (Wildman–Crippen LogP) is 2.86. The minimum atomic E-state index is 0. The molecule has 3 nitrogen and oxygen atoms in total. The second kappa shape index (κ2) is 9.80. The average Bonchev–Trinajstić information content (AvgIpc) is 2.98. The largest absolute Gasteiger partial charge is 0.354 e. The molecule has 1 fully saturated rings. The number of amides is 1. The van der Waals surface area contributed by atoms with Gasteiger partial charge in [-0.3, -0.25) is 4.79 Å². The Bertz CT molecular complexity index is 413. The number of unbranched alkanes of at least 4 members (excludes halogenated alkanes) is 1. The smallest absolute Gasteiger partial charge is 0.224 e. The minimum Gasteiger partial charge on any atom is -0.354 e. The Labute approximate surface area is 134 Å². The summed E-state index contributed by atoms with van der Waals surface area (Å²) in [6, 6.07) is 8.93. The van der Waals surface area contributed by atoms with E-state index in [0.29, 0.717) is 12.5 Å². The Morgan fingerprint density at radius 3 is 2.62 bits per heavy atom. The summed E-state index contributed by atoms with van der Waals surface area (Å²) < 4.78 is 0. The number of rotatable bonds is 7. The molecule has 1 aromatic rings. The summed E-state index contributed by atoms with van der Waals surface area (Å²) in [6.07, 6.45) is 6.47. The van der Waals surface area contributed by atoms with Gasteiger partial charge < -0.3 is 10.6 Å². The predicted molar refractivity (Wildman–Crippen MR) is 90.0 cm³/mol. The van der Waals surface area contributed by atoms with Gasteiger partial charge in [-0.25, -0.2) is 0 Å². The molecule has 0 aliphatic carbocycles. The molecular weight excluding hydrogens is 284 g/mol. The zero-order chi connectivity index (χ0) is 14.2. The maximum absolute atomic E-state index is 11.9. The molecule has 1 heterocycles. The Balaban J connectivity index is 0.00000220. The third-order valence-electron chi connectivity index (χ3n) is 3.91. The number of halogens is 1. The third-order valence-corrected chi connectivity index (χ3v) is 3.91. The standard InChI is InChI=1S/C17H26N2O.ClH/c1-2-3-5-14-7-9-15(10-8-14)12-17(20)19-13-16-6-4-11-18-16;/h7-10,16,18H,2-6,11-13H2,1H3,(H,19,20);1H. The van der Waals surface area contributed by atoms with Crippen molar-refractivity contribution >= 4 is 18.3 Å². The zero-order valence-corrected chi connectivity index (χ0v) is 13.7. The number of benzene rings is 1. The summed E-state index contributed by atoms with van der Waals surface area (Å²) in [5.41, 5.74) is 2.47. The van der Waals surface area contributed by atoms with Crippen LogP contribution in [-0.4, -0.2) is 25.0 Å². The highest BCUT2D eigenvalue weighted by Gasteiger charge is 2.14. The molecule has 2 rings (SSSR count). The van der Waals surface area contributed by atoms with Gasteiger partial charge in [0.2, 0.25) is 5.91 Å². The van der Waals surface area contributed by atoms with E-state index >= 15 is 0 Å². The van der Waals surface area contributed by atoms with E-state index in [-0.39, 0.29) is 18.3 Å². The molecule has 118 valence electrons. The zero-order valence-electron chi connectivity index (χ0n) is 12.9. The summed E-state index contributed by atoms with van der Waals surface area (Å²) in [5, 5.41) is 6.41. The number of carbonyl (C=O) groups excluding carboxylic acids is 1. The SMILES string of the molecule is CCCCc1ccc(CC(=O)NCC2CCCN2)cc1.Cl. The quantitative estimate of drug-likeness (QED) is 0.813. The fourth-order valence-electron chi connectivity index (χ4n) is 2.62. The second-order valence-corrected chi connectivity index (χ2v) is 5.69. The van der Waals surface area contributed by atoms with Crippen molar-refractivity contribution in [1.29, 1.82) is 0 Å². The van der Waals surface area contributed by atoms with Crippen LogP contribution in [0.2, 0.25) is 0 Å². The first-order valence-corrected chi connectivity index (χ1v) is 7.86. The molecule has 21 heavy (non-hydrogen) atoms. The highest BCUT2D eigenvalue weighted by atomic mass is 35.5. The first kappa shape index (κ1) is 18.0. The van der Waals surface area contributed by atoms with Crippen molar-refractivity contribution < 1.29 is 4.79 Å². The van der Waals surface area contributed by atoms with Gasteiger partial charge in [-0.1, -0.05) is 37.6 Å². The Kier molecular flexibility index (Phi) is 8.40. The molecule has 0 spiro atoms. The highest BCUT2D eigenvalue weighted by Crippen LogP contribution is 2.09. The summed E-state index contributed by atoms with van der Waals surface area (Å²) in [7, 11) is 0. The van der Waals surface area contributed by atoms with Gasteiger partial charge in [0.05, 0.1) is 6.42 Å². The first-order valence-electron chi connectivity index (χ1n) is 7.86. The van der Waals surface area contributed by atoms with E-state index in [2.05, 4.69) is 41.8 Å². The van der Waals surface area contributed by atoms with E-state index in [9.17, 15) is 4.79 Å². The van der Waals surface area contributed by atoms with Crippen LogP contribution in [0.3, 0.4) is 0 Å². The lowest BCUT2D eigenvalue weighted by molar-refractivity contribution is -0.120. The molecule has 1 unspecified atom stereocenters.